The van der Waals surface area contributed by atoms with Crippen molar-refractivity contribution in [3.05, 3.63) is 105 Å². The van der Waals surface area contributed by atoms with Gasteiger partial charge in [0.2, 0.25) is 0 Å². The summed E-state index contributed by atoms with van der Waals surface area (Å²) in [6.07, 6.45) is 0. The van der Waals surface area contributed by atoms with Crippen LogP contribution in [0.5, 0.6) is 5.75 Å². The van der Waals surface area contributed by atoms with Crippen molar-refractivity contribution < 1.29 is 24.2 Å². The molecule has 39 heavy (non-hydrogen) atoms. The van der Waals surface area contributed by atoms with Gasteiger partial charge in [0, 0.05) is 36.2 Å². The van der Waals surface area contributed by atoms with Gasteiger partial charge in [-0.05, 0) is 54.4 Å². The van der Waals surface area contributed by atoms with Crippen LogP contribution >= 0.6 is 15.9 Å². The first-order chi connectivity index (χ1) is 18.9. The van der Waals surface area contributed by atoms with Crippen LogP contribution in [0.15, 0.2) is 82.8 Å². The molecule has 8 heteroatoms. The number of ether oxygens (including phenoxy) is 2. The van der Waals surface area contributed by atoms with Crippen LogP contribution in [0, 0.1) is 6.92 Å². The number of halogens is 1. The first-order valence-corrected chi connectivity index (χ1v) is 13.8. The molecule has 2 aliphatic rings. The number of aryl methyl sites for hydroxylation is 1. The average molecular weight is 592 g/mol. The number of Topliss-reactive ketones (excluding diaryl/α,β-unsaturated/α-hetero) is 1. The van der Waals surface area contributed by atoms with Crippen molar-refractivity contribution in [2.24, 2.45) is 0 Å². The predicted molar refractivity (Wildman–Crippen MR) is 152 cm³/mol. The topological polar surface area (TPSA) is 79.3 Å². The third-order valence-electron chi connectivity index (χ3n) is 7.10. The lowest BCUT2D eigenvalue weighted by molar-refractivity contribution is -0.140. The van der Waals surface area contributed by atoms with E-state index in [1.165, 1.54) is 0 Å². The average Bonchev–Trinajstić information content (AvgIpc) is 3.21. The van der Waals surface area contributed by atoms with Gasteiger partial charge in [0.05, 0.1) is 24.8 Å². The molecule has 2 saturated heterocycles. The molecule has 2 fully saturated rings. The Hall–Kier alpha value is -3.46. The van der Waals surface area contributed by atoms with Gasteiger partial charge in [-0.3, -0.25) is 14.5 Å². The number of morpholine rings is 1. The molecule has 1 unspecified atom stereocenters. The highest BCUT2D eigenvalue weighted by atomic mass is 79.9. The fourth-order valence-electron chi connectivity index (χ4n) is 5.01. The van der Waals surface area contributed by atoms with Crippen LogP contribution in [0.3, 0.4) is 0 Å². The second-order valence-corrected chi connectivity index (χ2v) is 10.7. The summed E-state index contributed by atoms with van der Waals surface area (Å²) in [5.41, 5.74) is 3.54. The Labute approximate surface area is 236 Å². The third-order valence-corrected chi connectivity index (χ3v) is 7.63. The molecule has 5 rings (SSSR count). The molecule has 0 aliphatic carbocycles. The third kappa shape index (κ3) is 6.24. The molecule has 3 aromatic carbocycles. The van der Waals surface area contributed by atoms with E-state index in [0.29, 0.717) is 44.2 Å². The molecule has 0 bridgehead atoms. The van der Waals surface area contributed by atoms with E-state index < -0.39 is 17.7 Å². The number of benzene rings is 3. The monoisotopic (exact) mass is 590 g/mol. The number of aliphatic hydroxyl groups excluding tert-OH is 1. The molecule has 0 spiro atoms. The molecule has 1 atom stereocenters. The maximum atomic E-state index is 13.3. The van der Waals surface area contributed by atoms with Gasteiger partial charge in [-0.1, -0.05) is 57.9 Å². The van der Waals surface area contributed by atoms with Crippen LogP contribution in [-0.4, -0.2) is 66.0 Å². The van der Waals surface area contributed by atoms with Gasteiger partial charge >= 0.3 is 0 Å². The molecule has 0 saturated carbocycles. The molecule has 1 amide bonds. The zero-order valence-corrected chi connectivity index (χ0v) is 23.4. The van der Waals surface area contributed by atoms with Crippen LogP contribution in [0.4, 0.5) is 0 Å². The highest BCUT2D eigenvalue weighted by Gasteiger charge is 2.46. The quantitative estimate of drug-likeness (QED) is 0.224. The zero-order chi connectivity index (χ0) is 27.4. The number of ketones is 1. The van der Waals surface area contributed by atoms with Crippen molar-refractivity contribution >= 4 is 33.4 Å². The van der Waals surface area contributed by atoms with Gasteiger partial charge in [0.15, 0.2) is 0 Å². The maximum Gasteiger partial charge on any atom is 0.295 e. The van der Waals surface area contributed by atoms with Gasteiger partial charge in [-0.25, -0.2) is 0 Å². The van der Waals surface area contributed by atoms with Crippen molar-refractivity contribution in [2.75, 3.05) is 39.4 Å². The molecule has 0 aromatic heterocycles. The largest absolute Gasteiger partial charge is 0.507 e. The van der Waals surface area contributed by atoms with Crippen LogP contribution in [0.25, 0.3) is 5.76 Å². The Morgan fingerprint density at radius 3 is 2.41 bits per heavy atom. The fraction of sp³-hybridized carbons (Fsp3) is 0.290. The van der Waals surface area contributed by atoms with E-state index in [-0.39, 0.29) is 11.3 Å². The van der Waals surface area contributed by atoms with Crippen molar-refractivity contribution in [1.82, 2.24) is 9.80 Å². The molecule has 3 aromatic rings. The normalized spacial score (nSPS) is 19.4. The second kappa shape index (κ2) is 12.2. The van der Waals surface area contributed by atoms with Gasteiger partial charge in [0.25, 0.3) is 11.7 Å². The number of carbonyl (C=O) groups excluding carboxylic acids is 2. The van der Waals surface area contributed by atoms with Gasteiger partial charge in [-0.15, -0.1) is 0 Å². The number of aliphatic hydroxyl groups is 1. The van der Waals surface area contributed by atoms with E-state index in [4.69, 9.17) is 9.47 Å². The summed E-state index contributed by atoms with van der Waals surface area (Å²) in [5.74, 6) is -0.832. The van der Waals surface area contributed by atoms with Crippen LogP contribution < -0.4 is 4.74 Å². The Balaban J connectivity index is 1.41. The second-order valence-electron chi connectivity index (χ2n) is 9.80. The van der Waals surface area contributed by atoms with Crippen LogP contribution in [0.1, 0.15) is 28.3 Å². The number of nitrogens with zero attached hydrogens (tertiary/aromatic N) is 2. The Bertz CT molecular complexity index is 1360. The lowest BCUT2D eigenvalue weighted by Gasteiger charge is -2.31. The molecular weight excluding hydrogens is 560 g/mol. The highest BCUT2D eigenvalue weighted by Crippen LogP contribution is 2.39. The molecule has 0 radical (unpaired) electrons. The summed E-state index contributed by atoms with van der Waals surface area (Å²) in [5, 5.41) is 11.4. The summed E-state index contributed by atoms with van der Waals surface area (Å²) >= 11 is 3.45. The number of likely N-dealkylation sites (tertiary alicyclic amines) is 1. The van der Waals surface area contributed by atoms with Crippen molar-refractivity contribution in [2.45, 2.75) is 19.6 Å². The summed E-state index contributed by atoms with van der Waals surface area (Å²) < 4.78 is 12.2. The SMILES string of the molecule is Cc1cccc(COc2ccc(C(O)=C3C(=O)C(=O)N(CCN4CCOCC4)C3c3ccc(Br)cc3)cc2)c1. The number of carbonyl (C=O) groups is 2. The smallest absolute Gasteiger partial charge is 0.295 e. The standard InChI is InChI=1S/C31H31BrN2O5/c1-21-3-2-4-22(19-21)20-39-26-11-7-24(8-12-26)29(35)27-28(23-5-9-25(32)10-6-23)34(31(37)30(27)36)14-13-33-15-17-38-18-16-33/h2-12,19,28,35H,13-18,20H2,1H3. The summed E-state index contributed by atoms with van der Waals surface area (Å²) in [6, 6.07) is 21.8. The number of hydrogen-bond donors (Lipinski definition) is 1. The van der Waals surface area contributed by atoms with Crippen molar-refractivity contribution in [3.8, 4) is 5.75 Å². The highest BCUT2D eigenvalue weighted by molar-refractivity contribution is 9.10. The van der Waals surface area contributed by atoms with Gasteiger partial charge < -0.3 is 19.5 Å². The Morgan fingerprint density at radius 2 is 1.72 bits per heavy atom. The number of rotatable bonds is 8. The molecular formula is C31H31BrN2O5. The Morgan fingerprint density at radius 1 is 1.00 bits per heavy atom. The maximum absolute atomic E-state index is 13.3. The molecule has 1 N–H and O–H groups in total. The van der Waals surface area contributed by atoms with E-state index in [1.54, 1.807) is 29.2 Å². The minimum Gasteiger partial charge on any atom is -0.507 e. The molecule has 2 aliphatic heterocycles. The minimum atomic E-state index is -0.684. The van der Waals surface area contributed by atoms with E-state index in [1.807, 2.05) is 49.4 Å². The van der Waals surface area contributed by atoms with Gasteiger partial charge in [-0.2, -0.15) is 0 Å². The summed E-state index contributed by atoms with van der Waals surface area (Å²) in [7, 11) is 0. The predicted octanol–water partition coefficient (Wildman–Crippen LogP) is 5.09. The lowest BCUT2D eigenvalue weighted by Crippen LogP contribution is -2.42. The summed E-state index contributed by atoms with van der Waals surface area (Å²) in [4.78, 5) is 30.3. The van der Waals surface area contributed by atoms with Crippen LogP contribution in [0.2, 0.25) is 0 Å². The van der Waals surface area contributed by atoms with Crippen LogP contribution in [-0.2, 0) is 20.9 Å². The van der Waals surface area contributed by atoms with E-state index in [9.17, 15) is 14.7 Å². The van der Waals surface area contributed by atoms with E-state index in [2.05, 4.69) is 26.9 Å². The number of amides is 1. The Kier molecular flexibility index (Phi) is 8.45. The summed E-state index contributed by atoms with van der Waals surface area (Å²) in [6.45, 7) is 6.32. The van der Waals surface area contributed by atoms with E-state index in [0.717, 1.165) is 34.3 Å². The lowest BCUT2D eigenvalue weighted by atomic mass is 9.95. The van der Waals surface area contributed by atoms with Crippen molar-refractivity contribution in [3.63, 3.8) is 0 Å². The van der Waals surface area contributed by atoms with Gasteiger partial charge in [0.1, 0.15) is 18.1 Å². The minimum absolute atomic E-state index is 0.0951. The molecule has 7 nitrogen and oxygen atoms in total. The van der Waals surface area contributed by atoms with E-state index >= 15 is 0 Å². The first kappa shape index (κ1) is 27.1. The van der Waals surface area contributed by atoms with Crippen molar-refractivity contribution in [1.29, 1.82) is 0 Å². The number of hydrogen-bond acceptors (Lipinski definition) is 6. The molecule has 202 valence electrons. The first-order valence-electron chi connectivity index (χ1n) is 13.0. The fourth-order valence-corrected chi connectivity index (χ4v) is 5.27. The molecule has 2 heterocycles. The zero-order valence-electron chi connectivity index (χ0n) is 21.8.